The molecule has 1 heterocycles. The molecule has 0 spiro atoms. The summed E-state index contributed by atoms with van der Waals surface area (Å²) in [7, 11) is 0. The van der Waals surface area contributed by atoms with Crippen LogP contribution in [-0.2, 0) is 4.79 Å². The van der Waals surface area contributed by atoms with Crippen LogP contribution < -0.4 is 5.73 Å². The molecule has 124 valence electrons. The van der Waals surface area contributed by atoms with E-state index in [1.807, 2.05) is 0 Å². The molecule has 5 saturated carbocycles. The van der Waals surface area contributed by atoms with Crippen LogP contribution in [0.4, 0.5) is 4.39 Å². The summed E-state index contributed by atoms with van der Waals surface area (Å²) in [6.45, 7) is 7.36. The SMILES string of the molecule is [C-]#[N+]C1CC2CC2N1C(=O)[C@@H](N)C12CC3CC(CC(F)(C3)C1)C2. The fraction of sp³-hybridized carbons (Fsp3) is 0.889. The minimum absolute atomic E-state index is 0.0680. The molecular weight excluding hydrogens is 293 g/mol. The summed E-state index contributed by atoms with van der Waals surface area (Å²) in [4.78, 5) is 18.5. The molecule has 2 N–H and O–H groups in total. The molecule has 4 bridgehead atoms. The summed E-state index contributed by atoms with van der Waals surface area (Å²) < 4.78 is 15.1. The monoisotopic (exact) mass is 317 g/mol. The van der Waals surface area contributed by atoms with Crippen molar-refractivity contribution in [3.8, 4) is 0 Å². The zero-order chi connectivity index (χ0) is 16.0. The lowest BCUT2D eigenvalue weighted by Gasteiger charge is -2.60. The van der Waals surface area contributed by atoms with Gasteiger partial charge in [0, 0.05) is 12.5 Å². The predicted octanol–water partition coefficient (Wildman–Crippen LogP) is 2.49. The highest BCUT2D eigenvalue weighted by Crippen LogP contribution is 2.64. The third-order valence-electron chi connectivity index (χ3n) is 7.44. The molecule has 6 atom stereocenters. The van der Waals surface area contributed by atoms with Gasteiger partial charge >= 0.3 is 6.17 Å². The third-order valence-corrected chi connectivity index (χ3v) is 7.44. The molecule has 6 rings (SSSR count). The predicted molar refractivity (Wildman–Crippen MR) is 82.7 cm³/mol. The fourth-order valence-corrected chi connectivity index (χ4v) is 6.86. The van der Waals surface area contributed by atoms with E-state index in [9.17, 15) is 4.79 Å². The zero-order valence-electron chi connectivity index (χ0n) is 13.4. The molecule has 23 heavy (non-hydrogen) atoms. The van der Waals surface area contributed by atoms with Crippen molar-refractivity contribution in [1.29, 1.82) is 0 Å². The van der Waals surface area contributed by atoms with Crippen LogP contribution in [-0.4, -0.2) is 34.7 Å². The highest BCUT2D eigenvalue weighted by atomic mass is 19.1. The highest BCUT2D eigenvalue weighted by Gasteiger charge is 2.64. The maximum Gasteiger partial charge on any atom is 0.301 e. The van der Waals surface area contributed by atoms with Crippen molar-refractivity contribution in [3.63, 3.8) is 0 Å². The van der Waals surface area contributed by atoms with Gasteiger partial charge in [0.05, 0.1) is 6.04 Å². The second kappa shape index (κ2) is 4.27. The molecule has 4 nitrogen and oxygen atoms in total. The number of nitrogens with zero attached hydrogens (tertiary/aromatic N) is 2. The number of rotatable bonds is 2. The van der Waals surface area contributed by atoms with E-state index in [0.29, 0.717) is 37.0 Å². The number of halogens is 1. The highest BCUT2D eigenvalue weighted by molar-refractivity contribution is 5.84. The lowest BCUT2D eigenvalue weighted by molar-refractivity contribution is -0.156. The molecule has 1 aliphatic heterocycles. The summed E-state index contributed by atoms with van der Waals surface area (Å²) in [5.74, 6) is 1.25. The number of hydrogen-bond donors (Lipinski definition) is 1. The Labute approximate surface area is 136 Å². The number of carbonyl (C=O) groups excluding carboxylic acids is 1. The first-order valence-corrected chi connectivity index (χ1v) is 9.06. The Kier molecular flexibility index (Phi) is 2.64. The van der Waals surface area contributed by atoms with Crippen LogP contribution in [0.25, 0.3) is 4.85 Å². The first kappa shape index (κ1) is 14.2. The summed E-state index contributed by atoms with van der Waals surface area (Å²) >= 11 is 0. The normalized spacial score (nSPS) is 53.8. The topological polar surface area (TPSA) is 50.7 Å². The van der Waals surface area contributed by atoms with Gasteiger partial charge in [-0.15, -0.1) is 0 Å². The standard InChI is InChI=1S/C18H24FN3O/c1-21-14-4-12-3-13(12)22(14)16(23)15(20)17-5-10-2-11(6-17)8-18(19,7-10)9-17/h10-15H,2-9,20H2/t10?,11?,12?,13?,14?,15-,17?,18?/m1/s1. The van der Waals surface area contributed by atoms with Gasteiger partial charge in [0.25, 0.3) is 0 Å². The average Bonchev–Trinajstić information content (AvgIpc) is 3.14. The van der Waals surface area contributed by atoms with Crippen LogP contribution >= 0.6 is 0 Å². The van der Waals surface area contributed by atoms with Crippen molar-refractivity contribution < 1.29 is 9.18 Å². The molecule has 0 aromatic heterocycles. The van der Waals surface area contributed by atoms with Crippen molar-refractivity contribution in [1.82, 2.24) is 4.90 Å². The van der Waals surface area contributed by atoms with Crippen LogP contribution in [0.2, 0.25) is 0 Å². The molecule has 0 radical (unpaired) electrons. The van der Waals surface area contributed by atoms with Crippen LogP contribution in [0.1, 0.15) is 51.4 Å². The van der Waals surface area contributed by atoms with Crippen molar-refractivity contribution in [2.24, 2.45) is 28.9 Å². The molecule has 5 heteroatoms. The van der Waals surface area contributed by atoms with E-state index in [2.05, 4.69) is 4.85 Å². The third kappa shape index (κ3) is 1.88. The molecular formula is C18H24FN3O. The Morgan fingerprint density at radius 3 is 2.52 bits per heavy atom. The number of fused-ring (bicyclic) bond motifs is 1. The zero-order valence-corrected chi connectivity index (χ0v) is 13.4. The summed E-state index contributed by atoms with van der Waals surface area (Å²) in [5.41, 5.74) is 5.05. The summed E-state index contributed by atoms with van der Waals surface area (Å²) in [6, 6.07) is -0.381. The number of hydrogen-bond acceptors (Lipinski definition) is 2. The van der Waals surface area contributed by atoms with E-state index in [1.165, 1.54) is 0 Å². The van der Waals surface area contributed by atoms with Gasteiger partial charge in [-0.1, -0.05) is 0 Å². The van der Waals surface area contributed by atoms with Gasteiger partial charge < -0.3 is 5.73 Å². The Morgan fingerprint density at radius 2 is 1.91 bits per heavy atom. The van der Waals surface area contributed by atoms with E-state index < -0.39 is 11.7 Å². The Morgan fingerprint density at radius 1 is 1.22 bits per heavy atom. The van der Waals surface area contributed by atoms with Gasteiger partial charge in [0.15, 0.2) is 0 Å². The molecule has 1 saturated heterocycles. The minimum atomic E-state index is -1.09. The van der Waals surface area contributed by atoms with E-state index >= 15 is 4.39 Å². The minimum Gasteiger partial charge on any atom is -0.319 e. The Hall–Kier alpha value is -1.15. The van der Waals surface area contributed by atoms with E-state index in [4.69, 9.17) is 12.3 Å². The smallest absolute Gasteiger partial charge is 0.301 e. The molecule has 0 aromatic carbocycles. The number of nitrogens with two attached hydrogens (primary N) is 1. The van der Waals surface area contributed by atoms with Gasteiger partial charge in [0.1, 0.15) is 5.67 Å². The van der Waals surface area contributed by atoms with Gasteiger partial charge in [0.2, 0.25) is 5.91 Å². The Bertz CT molecular complexity index is 600. The van der Waals surface area contributed by atoms with Crippen molar-refractivity contribution >= 4 is 5.91 Å². The van der Waals surface area contributed by atoms with E-state index in [0.717, 1.165) is 32.1 Å². The molecule has 1 amide bonds. The average molecular weight is 317 g/mol. The molecule has 5 unspecified atom stereocenters. The first-order valence-electron chi connectivity index (χ1n) is 9.06. The van der Waals surface area contributed by atoms with Crippen molar-refractivity contribution in [2.75, 3.05) is 0 Å². The van der Waals surface area contributed by atoms with Gasteiger partial charge in [-0.2, -0.15) is 0 Å². The molecule has 0 aromatic rings. The maximum absolute atomic E-state index is 15.1. The van der Waals surface area contributed by atoms with E-state index in [1.54, 1.807) is 4.90 Å². The number of amides is 1. The maximum atomic E-state index is 15.1. The number of alkyl halides is 1. The quantitative estimate of drug-likeness (QED) is 0.796. The largest absolute Gasteiger partial charge is 0.319 e. The number of likely N-dealkylation sites (tertiary alicyclic amines) is 1. The van der Waals surface area contributed by atoms with Crippen molar-refractivity contribution in [2.45, 2.75) is 75.3 Å². The van der Waals surface area contributed by atoms with Gasteiger partial charge in [-0.05, 0) is 68.1 Å². The lowest BCUT2D eigenvalue weighted by atomic mass is 9.46. The fourth-order valence-electron chi connectivity index (χ4n) is 6.86. The second-order valence-corrected chi connectivity index (χ2v) is 9.11. The van der Waals surface area contributed by atoms with Crippen LogP contribution in [0.3, 0.4) is 0 Å². The lowest BCUT2D eigenvalue weighted by Crippen LogP contribution is -2.63. The van der Waals surface area contributed by atoms with Crippen LogP contribution in [0.5, 0.6) is 0 Å². The second-order valence-electron chi connectivity index (χ2n) is 9.11. The van der Waals surface area contributed by atoms with Crippen molar-refractivity contribution in [3.05, 3.63) is 11.4 Å². The van der Waals surface area contributed by atoms with Gasteiger partial charge in [-0.3, -0.25) is 14.5 Å². The molecule has 6 fully saturated rings. The van der Waals surface area contributed by atoms with Crippen LogP contribution in [0.15, 0.2) is 0 Å². The first-order chi connectivity index (χ1) is 10.9. The number of carbonyl (C=O) groups is 1. The van der Waals surface area contributed by atoms with Crippen LogP contribution in [0, 0.1) is 29.7 Å². The van der Waals surface area contributed by atoms with Gasteiger partial charge in [-0.25, -0.2) is 11.0 Å². The Balaban J connectivity index is 1.43. The molecule has 6 aliphatic rings. The summed E-state index contributed by atoms with van der Waals surface area (Å²) in [6.07, 6.45) is 6.24. The number of piperidine rings is 1. The summed E-state index contributed by atoms with van der Waals surface area (Å²) in [5, 5.41) is 0. The molecule has 5 aliphatic carbocycles. The van der Waals surface area contributed by atoms with E-state index in [-0.39, 0.29) is 23.5 Å².